The standard InChI is InChI=1S/C18H23N3O2S/c1-13-11-15(19-23-13)16-3-2-7-20(16)9-5-18(22)21-8-4-17-14(12-21)6-10-24-17/h6,10-11,16H,2-5,7-9,12H2,1H3/t16-/m1/s1. The Balaban J connectivity index is 1.34. The molecule has 2 aliphatic heterocycles. The largest absolute Gasteiger partial charge is 0.361 e. The van der Waals surface area contributed by atoms with Crippen LogP contribution in [0, 0.1) is 6.92 Å². The fraction of sp³-hybridized carbons (Fsp3) is 0.556. The Morgan fingerprint density at radius 3 is 3.21 bits per heavy atom. The van der Waals surface area contributed by atoms with Crippen LogP contribution >= 0.6 is 11.3 Å². The van der Waals surface area contributed by atoms with Crippen molar-refractivity contribution in [2.45, 2.75) is 45.2 Å². The molecule has 0 aromatic carbocycles. The number of amides is 1. The monoisotopic (exact) mass is 345 g/mol. The summed E-state index contributed by atoms with van der Waals surface area (Å²) in [4.78, 5) is 18.4. The molecule has 0 aliphatic carbocycles. The van der Waals surface area contributed by atoms with Gasteiger partial charge in [-0.2, -0.15) is 0 Å². The Morgan fingerprint density at radius 1 is 1.46 bits per heavy atom. The van der Waals surface area contributed by atoms with Crippen molar-refractivity contribution >= 4 is 17.2 Å². The second-order valence-corrected chi connectivity index (χ2v) is 7.74. The highest BCUT2D eigenvalue weighted by atomic mass is 32.1. The average Bonchev–Trinajstić information content (AvgIpc) is 3.31. The number of rotatable bonds is 4. The molecular formula is C18H23N3O2S. The molecule has 4 rings (SSSR count). The number of nitrogens with zero attached hydrogens (tertiary/aromatic N) is 3. The van der Waals surface area contributed by atoms with E-state index in [0.717, 1.165) is 56.9 Å². The maximum Gasteiger partial charge on any atom is 0.224 e. The minimum atomic E-state index is 0.272. The van der Waals surface area contributed by atoms with Crippen LogP contribution in [0.2, 0.25) is 0 Å². The van der Waals surface area contributed by atoms with Crippen LogP contribution in [0.25, 0.3) is 0 Å². The molecule has 6 heteroatoms. The number of carbonyl (C=O) groups is 1. The summed E-state index contributed by atoms with van der Waals surface area (Å²) in [6.07, 6.45) is 3.85. The maximum absolute atomic E-state index is 12.6. The molecule has 0 radical (unpaired) electrons. The lowest BCUT2D eigenvalue weighted by Crippen LogP contribution is -2.37. The average molecular weight is 345 g/mol. The highest BCUT2D eigenvalue weighted by molar-refractivity contribution is 7.10. The maximum atomic E-state index is 12.6. The fourth-order valence-electron chi connectivity index (χ4n) is 3.83. The van der Waals surface area contributed by atoms with Gasteiger partial charge in [0, 0.05) is 37.0 Å². The molecule has 0 unspecified atom stereocenters. The number of thiophene rings is 1. The normalized spacial score (nSPS) is 21.2. The Kier molecular flexibility index (Phi) is 4.41. The van der Waals surface area contributed by atoms with E-state index in [1.165, 1.54) is 10.4 Å². The first kappa shape index (κ1) is 15.8. The number of hydrogen-bond donors (Lipinski definition) is 0. The van der Waals surface area contributed by atoms with Gasteiger partial charge in [-0.3, -0.25) is 9.69 Å². The molecule has 1 saturated heterocycles. The third-order valence-electron chi connectivity index (χ3n) is 5.12. The molecule has 2 aromatic rings. The van der Waals surface area contributed by atoms with Gasteiger partial charge in [-0.25, -0.2) is 0 Å². The first-order chi connectivity index (χ1) is 11.7. The molecule has 0 bridgehead atoms. The highest BCUT2D eigenvalue weighted by Crippen LogP contribution is 2.31. The summed E-state index contributed by atoms with van der Waals surface area (Å²) < 4.78 is 5.22. The van der Waals surface area contributed by atoms with Crippen molar-refractivity contribution in [3.8, 4) is 0 Å². The summed E-state index contributed by atoms with van der Waals surface area (Å²) in [5.74, 6) is 1.13. The van der Waals surface area contributed by atoms with Gasteiger partial charge in [0.2, 0.25) is 5.91 Å². The molecule has 0 saturated carbocycles. The van der Waals surface area contributed by atoms with Crippen LogP contribution in [0.15, 0.2) is 22.0 Å². The minimum absolute atomic E-state index is 0.272. The SMILES string of the molecule is Cc1cc([C@H]2CCCN2CCC(=O)N2CCc3sccc3C2)no1. The molecule has 0 N–H and O–H groups in total. The summed E-state index contributed by atoms with van der Waals surface area (Å²) in [6.45, 7) is 5.41. The van der Waals surface area contributed by atoms with Crippen molar-refractivity contribution in [3.63, 3.8) is 0 Å². The molecule has 2 aliphatic rings. The Bertz CT molecular complexity index is 723. The molecule has 1 fully saturated rings. The lowest BCUT2D eigenvalue weighted by atomic mass is 10.1. The van der Waals surface area contributed by atoms with Gasteiger partial charge in [0.15, 0.2) is 0 Å². The number of aromatic nitrogens is 1. The van der Waals surface area contributed by atoms with E-state index < -0.39 is 0 Å². The third kappa shape index (κ3) is 3.13. The van der Waals surface area contributed by atoms with Crippen molar-refractivity contribution in [1.82, 2.24) is 15.0 Å². The van der Waals surface area contributed by atoms with Gasteiger partial charge in [0.25, 0.3) is 0 Å². The van der Waals surface area contributed by atoms with E-state index in [9.17, 15) is 4.79 Å². The predicted molar refractivity (Wildman–Crippen MR) is 92.8 cm³/mol. The molecule has 4 heterocycles. The summed E-state index contributed by atoms with van der Waals surface area (Å²) >= 11 is 1.81. The number of carbonyl (C=O) groups excluding carboxylic acids is 1. The van der Waals surface area contributed by atoms with Gasteiger partial charge >= 0.3 is 0 Å². The minimum Gasteiger partial charge on any atom is -0.361 e. The zero-order valence-electron chi connectivity index (χ0n) is 14.0. The first-order valence-corrected chi connectivity index (χ1v) is 9.59. The molecule has 1 atom stereocenters. The Morgan fingerprint density at radius 2 is 2.38 bits per heavy atom. The van der Waals surface area contributed by atoms with Gasteiger partial charge < -0.3 is 9.42 Å². The molecule has 128 valence electrons. The second-order valence-electron chi connectivity index (χ2n) is 6.74. The highest BCUT2D eigenvalue weighted by Gasteiger charge is 2.29. The quantitative estimate of drug-likeness (QED) is 0.854. The Hall–Kier alpha value is -1.66. The number of hydrogen-bond acceptors (Lipinski definition) is 5. The van der Waals surface area contributed by atoms with E-state index in [1.807, 2.05) is 29.2 Å². The van der Waals surface area contributed by atoms with E-state index >= 15 is 0 Å². The van der Waals surface area contributed by atoms with Crippen LogP contribution in [-0.4, -0.2) is 40.5 Å². The summed E-state index contributed by atoms with van der Waals surface area (Å²) in [7, 11) is 0. The van der Waals surface area contributed by atoms with Gasteiger partial charge in [0.1, 0.15) is 11.5 Å². The second kappa shape index (κ2) is 6.69. The molecule has 24 heavy (non-hydrogen) atoms. The van der Waals surface area contributed by atoms with Gasteiger partial charge in [0.05, 0.1) is 6.04 Å². The smallest absolute Gasteiger partial charge is 0.224 e. The zero-order valence-corrected chi connectivity index (χ0v) is 14.8. The first-order valence-electron chi connectivity index (χ1n) is 8.71. The van der Waals surface area contributed by atoms with Crippen LogP contribution in [0.5, 0.6) is 0 Å². The molecule has 2 aromatic heterocycles. The van der Waals surface area contributed by atoms with Crippen molar-refractivity contribution in [2.75, 3.05) is 19.6 Å². The molecule has 1 amide bonds. The summed E-state index contributed by atoms with van der Waals surface area (Å²) in [5, 5.41) is 6.31. The van der Waals surface area contributed by atoms with Gasteiger partial charge in [-0.05, 0) is 49.7 Å². The van der Waals surface area contributed by atoms with Gasteiger partial charge in [-0.15, -0.1) is 11.3 Å². The van der Waals surface area contributed by atoms with E-state index in [0.29, 0.717) is 12.5 Å². The van der Waals surface area contributed by atoms with Crippen molar-refractivity contribution in [1.29, 1.82) is 0 Å². The van der Waals surface area contributed by atoms with Crippen molar-refractivity contribution in [3.05, 3.63) is 39.4 Å². The number of fused-ring (bicyclic) bond motifs is 1. The molecule has 0 spiro atoms. The van der Waals surface area contributed by atoms with E-state index in [1.54, 1.807) is 0 Å². The van der Waals surface area contributed by atoms with Crippen LogP contribution < -0.4 is 0 Å². The number of aryl methyl sites for hydroxylation is 1. The lowest BCUT2D eigenvalue weighted by Gasteiger charge is -2.28. The lowest BCUT2D eigenvalue weighted by molar-refractivity contribution is -0.132. The van der Waals surface area contributed by atoms with Crippen LogP contribution in [0.3, 0.4) is 0 Å². The third-order valence-corrected chi connectivity index (χ3v) is 6.15. The molecular weight excluding hydrogens is 322 g/mol. The Labute approximate surface area is 146 Å². The van der Waals surface area contributed by atoms with Crippen LogP contribution in [0.1, 0.15) is 47.2 Å². The van der Waals surface area contributed by atoms with E-state index in [4.69, 9.17) is 4.52 Å². The topological polar surface area (TPSA) is 49.6 Å². The number of likely N-dealkylation sites (tertiary alicyclic amines) is 1. The van der Waals surface area contributed by atoms with Crippen LogP contribution in [-0.2, 0) is 17.8 Å². The van der Waals surface area contributed by atoms with Gasteiger partial charge in [-0.1, -0.05) is 5.16 Å². The van der Waals surface area contributed by atoms with Crippen LogP contribution in [0.4, 0.5) is 0 Å². The van der Waals surface area contributed by atoms with Crippen molar-refractivity contribution in [2.24, 2.45) is 0 Å². The van der Waals surface area contributed by atoms with Crippen molar-refractivity contribution < 1.29 is 9.32 Å². The summed E-state index contributed by atoms with van der Waals surface area (Å²) in [5.41, 5.74) is 2.34. The fourth-order valence-corrected chi connectivity index (χ4v) is 4.72. The molecule has 5 nitrogen and oxygen atoms in total. The zero-order chi connectivity index (χ0) is 16.5. The van der Waals surface area contributed by atoms with E-state index in [2.05, 4.69) is 21.5 Å². The summed E-state index contributed by atoms with van der Waals surface area (Å²) in [6, 6.07) is 4.48. The predicted octanol–water partition coefficient (Wildman–Crippen LogP) is 3.16. The van der Waals surface area contributed by atoms with E-state index in [-0.39, 0.29) is 5.91 Å².